The number of aryl methyl sites for hydroxylation is 3. The summed E-state index contributed by atoms with van der Waals surface area (Å²) in [5, 5.41) is 9.40. The molecule has 0 fully saturated rings. The minimum atomic E-state index is -0.238. The number of aromatic amines is 1. The molecule has 0 saturated heterocycles. The van der Waals surface area contributed by atoms with Gasteiger partial charge in [-0.3, -0.25) is 4.79 Å². The number of nitrogens with one attached hydrogen (secondary N) is 1. The number of fused-ring (bicyclic) bond motifs is 1. The first-order valence-corrected chi connectivity index (χ1v) is 8.38. The lowest BCUT2D eigenvalue weighted by atomic mass is 10.0. The fourth-order valence-corrected chi connectivity index (χ4v) is 3.13. The summed E-state index contributed by atoms with van der Waals surface area (Å²) < 4.78 is 10.9. The van der Waals surface area contributed by atoms with Crippen LogP contribution >= 0.6 is 0 Å². The molecule has 6 nitrogen and oxygen atoms in total. The zero-order valence-corrected chi connectivity index (χ0v) is 15.3. The highest BCUT2D eigenvalue weighted by atomic mass is 16.5. The molecule has 2 aromatic carbocycles. The summed E-state index contributed by atoms with van der Waals surface area (Å²) in [7, 11) is 1.54. The Kier molecular flexibility index (Phi) is 4.95. The molecule has 0 aliphatic carbocycles. The van der Waals surface area contributed by atoms with E-state index < -0.39 is 0 Å². The Balaban J connectivity index is 2.16. The number of nitrogens with zero attached hydrogens (tertiary/aromatic N) is 1. The Labute approximate surface area is 151 Å². The average molecular weight is 354 g/mol. The summed E-state index contributed by atoms with van der Waals surface area (Å²) in [6, 6.07) is 7.52. The molecule has 0 atom stereocenters. The Morgan fingerprint density at radius 2 is 1.81 bits per heavy atom. The first-order chi connectivity index (χ1) is 12.4. The Hall–Kier alpha value is -2.86. The molecule has 136 valence electrons. The van der Waals surface area contributed by atoms with E-state index in [0.29, 0.717) is 22.5 Å². The number of H-pyrrole nitrogens is 1. The monoisotopic (exact) mass is 354 g/mol. The second-order valence-electron chi connectivity index (χ2n) is 6.29. The first-order valence-electron chi connectivity index (χ1n) is 8.38. The quantitative estimate of drug-likeness (QED) is 0.736. The number of hydrogen-bond acceptors (Lipinski definition) is 5. The minimum Gasteiger partial charge on any atom is -0.496 e. The van der Waals surface area contributed by atoms with Gasteiger partial charge in [-0.1, -0.05) is 0 Å². The van der Waals surface area contributed by atoms with E-state index in [1.54, 1.807) is 7.11 Å². The number of rotatable bonds is 5. The number of ether oxygens (including phenoxy) is 2. The van der Waals surface area contributed by atoms with Gasteiger partial charge in [0.1, 0.15) is 29.3 Å². The molecule has 26 heavy (non-hydrogen) atoms. The van der Waals surface area contributed by atoms with Crippen molar-refractivity contribution in [3.63, 3.8) is 0 Å². The number of aliphatic hydroxyl groups is 1. The molecule has 0 amide bonds. The maximum atomic E-state index is 12.6. The maximum Gasteiger partial charge on any atom is 0.262 e. The fraction of sp³-hybridized carbons (Fsp3) is 0.300. The summed E-state index contributed by atoms with van der Waals surface area (Å²) in [4.78, 5) is 20.1. The molecule has 3 rings (SSSR count). The molecule has 6 heteroatoms. The minimum absolute atomic E-state index is 0.0403. The summed E-state index contributed by atoms with van der Waals surface area (Å²) >= 11 is 0. The van der Waals surface area contributed by atoms with Crippen molar-refractivity contribution >= 4 is 10.9 Å². The van der Waals surface area contributed by atoms with Crippen molar-refractivity contribution in [1.82, 2.24) is 9.97 Å². The third-order valence-electron chi connectivity index (χ3n) is 4.21. The van der Waals surface area contributed by atoms with Crippen molar-refractivity contribution in [2.45, 2.75) is 20.8 Å². The van der Waals surface area contributed by atoms with Gasteiger partial charge in [0.05, 0.1) is 19.2 Å². The van der Waals surface area contributed by atoms with E-state index in [2.05, 4.69) is 9.97 Å². The smallest absolute Gasteiger partial charge is 0.262 e. The van der Waals surface area contributed by atoms with Crippen LogP contribution in [0.25, 0.3) is 22.3 Å². The molecule has 2 N–H and O–H groups in total. The van der Waals surface area contributed by atoms with Gasteiger partial charge in [0.15, 0.2) is 0 Å². The van der Waals surface area contributed by atoms with Gasteiger partial charge < -0.3 is 19.6 Å². The predicted octanol–water partition coefficient (Wildman–Crippen LogP) is 2.90. The molecule has 0 radical (unpaired) electrons. The Morgan fingerprint density at radius 1 is 1.12 bits per heavy atom. The number of aromatic nitrogens is 2. The molecule has 0 unspecified atom stereocenters. The van der Waals surface area contributed by atoms with Gasteiger partial charge in [-0.25, -0.2) is 4.98 Å². The van der Waals surface area contributed by atoms with Crippen molar-refractivity contribution in [1.29, 1.82) is 0 Å². The van der Waals surface area contributed by atoms with Crippen molar-refractivity contribution < 1.29 is 14.6 Å². The standard InChI is InChI=1S/C20H22N2O4/c1-11-7-15-17(16(8-11)25-4)20(24)22-19(21-15)14-9-12(2)18(13(3)10-14)26-6-5-23/h7-10,23H,5-6H2,1-4H3,(H,21,22,24). The third kappa shape index (κ3) is 3.28. The van der Waals surface area contributed by atoms with E-state index in [0.717, 1.165) is 28.0 Å². The van der Waals surface area contributed by atoms with E-state index in [-0.39, 0.29) is 18.8 Å². The number of methoxy groups -OCH3 is 1. The van der Waals surface area contributed by atoms with Crippen LogP contribution in [0.3, 0.4) is 0 Å². The van der Waals surface area contributed by atoms with E-state index >= 15 is 0 Å². The van der Waals surface area contributed by atoms with Crippen LogP contribution < -0.4 is 15.0 Å². The summed E-state index contributed by atoms with van der Waals surface area (Å²) in [6.45, 7) is 5.99. The SMILES string of the molecule is COc1cc(C)cc2nc(-c3cc(C)c(OCCO)c(C)c3)[nH]c(=O)c12. The number of aliphatic hydroxyl groups excluding tert-OH is 1. The molecule has 0 bridgehead atoms. The highest BCUT2D eigenvalue weighted by Crippen LogP contribution is 2.30. The van der Waals surface area contributed by atoms with Gasteiger partial charge in [-0.2, -0.15) is 0 Å². The van der Waals surface area contributed by atoms with Crippen molar-refractivity contribution in [3.05, 3.63) is 51.3 Å². The van der Waals surface area contributed by atoms with E-state index in [4.69, 9.17) is 14.6 Å². The normalized spacial score (nSPS) is 11.0. The Morgan fingerprint density at radius 3 is 2.42 bits per heavy atom. The lowest BCUT2D eigenvalue weighted by Gasteiger charge is -2.14. The van der Waals surface area contributed by atoms with Crippen LogP contribution in [0.5, 0.6) is 11.5 Å². The van der Waals surface area contributed by atoms with Crippen LogP contribution in [0.4, 0.5) is 0 Å². The maximum absolute atomic E-state index is 12.6. The molecular formula is C20H22N2O4. The summed E-state index contributed by atoms with van der Waals surface area (Å²) in [5.41, 5.74) is 3.96. The summed E-state index contributed by atoms with van der Waals surface area (Å²) in [5.74, 6) is 1.75. The van der Waals surface area contributed by atoms with Gasteiger partial charge >= 0.3 is 0 Å². The second kappa shape index (κ2) is 7.17. The molecule has 0 aliphatic rings. The van der Waals surface area contributed by atoms with Crippen LogP contribution in [0.2, 0.25) is 0 Å². The van der Waals surface area contributed by atoms with Gasteiger partial charge in [-0.05, 0) is 61.7 Å². The second-order valence-corrected chi connectivity index (χ2v) is 6.29. The van der Waals surface area contributed by atoms with E-state index in [1.807, 2.05) is 45.0 Å². The lowest BCUT2D eigenvalue weighted by Crippen LogP contribution is -2.11. The average Bonchev–Trinajstić information content (AvgIpc) is 2.59. The molecule has 0 saturated carbocycles. The number of benzene rings is 2. The third-order valence-corrected chi connectivity index (χ3v) is 4.21. The molecule has 1 aromatic heterocycles. The van der Waals surface area contributed by atoms with Crippen LogP contribution in [0.15, 0.2) is 29.1 Å². The van der Waals surface area contributed by atoms with Crippen LogP contribution in [0.1, 0.15) is 16.7 Å². The van der Waals surface area contributed by atoms with Crippen LogP contribution in [-0.2, 0) is 0 Å². The lowest BCUT2D eigenvalue weighted by molar-refractivity contribution is 0.200. The molecule has 3 aromatic rings. The van der Waals surface area contributed by atoms with Gasteiger partial charge in [0.25, 0.3) is 5.56 Å². The van der Waals surface area contributed by atoms with Gasteiger partial charge in [0, 0.05) is 5.56 Å². The summed E-state index contributed by atoms with van der Waals surface area (Å²) in [6.07, 6.45) is 0. The van der Waals surface area contributed by atoms with Crippen molar-refractivity contribution in [2.75, 3.05) is 20.3 Å². The first kappa shape index (κ1) is 17.9. The fourth-order valence-electron chi connectivity index (χ4n) is 3.13. The van der Waals surface area contributed by atoms with Crippen molar-refractivity contribution in [2.24, 2.45) is 0 Å². The predicted molar refractivity (Wildman–Crippen MR) is 101 cm³/mol. The van der Waals surface area contributed by atoms with Crippen molar-refractivity contribution in [3.8, 4) is 22.9 Å². The molecule has 0 spiro atoms. The highest BCUT2D eigenvalue weighted by Gasteiger charge is 2.14. The topological polar surface area (TPSA) is 84.4 Å². The van der Waals surface area contributed by atoms with Crippen LogP contribution in [-0.4, -0.2) is 35.4 Å². The molecule has 0 aliphatic heterocycles. The molecular weight excluding hydrogens is 332 g/mol. The zero-order chi connectivity index (χ0) is 18.8. The van der Waals surface area contributed by atoms with E-state index in [1.165, 1.54) is 0 Å². The van der Waals surface area contributed by atoms with Crippen LogP contribution in [0, 0.1) is 20.8 Å². The van der Waals surface area contributed by atoms with E-state index in [9.17, 15) is 4.79 Å². The largest absolute Gasteiger partial charge is 0.496 e. The zero-order valence-electron chi connectivity index (χ0n) is 15.3. The highest BCUT2D eigenvalue weighted by molar-refractivity contribution is 5.86. The number of hydrogen-bond donors (Lipinski definition) is 2. The van der Waals surface area contributed by atoms with Gasteiger partial charge in [0.2, 0.25) is 0 Å². The molecule has 1 heterocycles. The van der Waals surface area contributed by atoms with Gasteiger partial charge in [-0.15, -0.1) is 0 Å². The Bertz CT molecular complexity index is 1000.